The molecule has 0 spiro atoms. The van der Waals surface area contributed by atoms with Crippen molar-refractivity contribution in [3.63, 3.8) is 0 Å². The van der Waals surface area contributed by atoms with Gasteiger partial charge in [0.2, 0.25) is 0 Å². The number of allylic oxidation sites excluding steroid dienone is 2. The van der Waals surface area contributed by atoms with E-state index in [0.717, 1.165) is 31.5 Å². The molecule has 188 valence electrons. The van der Waals surface area contributed by atoms with E-state index >= 15 is 0 Å². The topological polar surface area (TPSA) is 53.4 Å². The van der Waals surface area contributed by atoms with Crippen LogP contribution < -0.4 is 9.80 Å². The minimum absolute atomic E-state index is 0.750. The molecule has 1 aromatic carbocycles. The fraction of sp³-hybridized carbons (Fsp3) is 0.643. The quantitative estimate of drug-likeness (QED) is 0.600. The van der Waals surface area contributed by atoms with Crippen LogP contribution in [0.2, 0.25) is 0 Å². The van der Waals surface area contributed by atoms with Crippen molar-refractivity contribution in [1.82, 2.24) is 9.80 Å². The predicted octanol–water partition coefficient (Wildman–Crippen LogP) is 3.10. The summed E-state index contributed by atoms with van der Waals surface area (Å²) in [5, 5.41) is 14.2. The minimum atomic E-state index is -0.750. The van der Waals surface area contributed by atoms with Gasteiger partial charge < -0.3 is 20.0 Å². The van der Waals surface area contributed by atoms with Crippen molar-refractivity contribution >= 4 is 11.4 Å². The maximum Gasteiger partial charge on any atom is 0.140 e. The minimum Gasteiger partial charge on any atom is -0.373 e. The standard InChI is InChI=1S/C27H40N4.CH4O2/c1-22-18-26(31-10-4-3-5-11-31)8-9-27(22)28(2)12-13-29-14-16-30(17-15-29)21-23-6-7-24-20-25(24)19-23;2-1-3/h6-9,18-19,24-25H,3-5,10-17,20-21H2,1-2H3;2-3H,1H2. The lowest BCUT2D eigenvalue weighted by Gasteiger charge is -2.36. The highest BCUT2D eigenvalue weighted by Crippen LogP contribution is 2.44. The third-order valence-corrected chi connectivity index (χ3v) is 7.81. The zero-order valence-electron chi connectivity index (χ0n) is 21.2. The van der Waals surface area contributed by atoms with Gasteiger partial charge >= 0.3 is 0 Å². The fourth-order valence-electron chi connectivity index (χ4n) is 5.59. The van der Waals surface area contributed by atoms with E-state index in [0.29, 0.717) is 0 Å². The van der Waals surface area contributed by atoms with Crippen LogP contribution in [0.1, 0.15) is 31.2 Å². The molecular formula is C28H44N4O2. The highest BCUT2D eigenvalue weighted by atomic mass is 16.5. The summed E-state index contributed by atoms with van der Waals surface area (Å²) in [6, 6.07) is 7.07. The van der Waals surface area contributed by atoms with E-state index in [1.807, 2.05) is 0 Å². The lowest BCUT2D eigenvalue weighted by atomic mass is 10.1. The summed E-state index contributed by atoms with van der Waals surface area (Å²) in [6.45, 7) is 12.2. The van der Waals surface area contributed by atoms with E-state index in [4.69, 9.17) is 10.2 Å². The third-order valence-electron chi connectivity index (χ3n) is 7.81. The van der Waals surface area contributed by atoms with Gasteiger partial charge in [-0.05, 0) is 73.8 Å². The Bertz CT molecular complexity index is 841. The average molecular weight is 469 g/mol. The Kier molecular flexibility index (Phi) is 9.06. The van der Waals surface area contributed by atoms with Crippen molar-refractivity contribution in [2.75, 3.05) is 82.5 Å². The number of anilines is 2. The van der Waals surface area contributed by atoms with E-state index < -0.39 is 6.79 Å². The summed E-state index contributed by atoms with van der Waals surface area (Å²) in [4.78, 5) is 10.3. The number of piperazine rings is 1. The number of fused-ring (bicyclic) bond motifs is 1. The Morgan fingerprint density at radius 1 is 0.941 bits per heavy atom. The maximum atomic E-state index is 7.12. The van der Waals surface area contributed by atoms with Crippen LogP contribution in [-0.4, -0.2) is 92.8 Å². The normalized spacial score (nSPS) is 24.7. The number of likely N-dealkylation sites (N-methyl/N-ethyl adjacent to an activating group) is 1. The molecule has 0 radical (unpaired) electrons. The lowest BCUT2D eigenvalue weighted by molar-refractivity contribution is 0.0773. The Morgan fingerprint density at radius 3 is 2.32 bits per heavy atom. The van der Waals surface area contributed by atoms with E-state index in [1.165, 1.54) is 81.9 Å². The highest BCUT2D eigenvalue weighted by molar-refractivity contribution is 5.61. The molecule has 6 heteroatoms. The van der Waals surface area contributed by atoms with Crippen molar-refractivity contribution in [3.05, 3.63) is 47.6 Å². The molecule has 4 aliphatic rings. The van der Waals surface area contributed by atoms with Crippen molar-refractivity contribution in [2.24, 2.45) is 11.8 Å². The largest absolute Gasteiger partial charge is 0.373 e. The first kappa shape index (κ1) is 25.2. The Balaban J connectivity index is 0.000000868. The van der Waals surface area contributed by atoms with Crippen LogP contribution in [-0.2, 0) is 0 Å². The molecule has 2 saturated heterocycles. The van der Waals surface area contributed by atoms with Gasteiger partial charge in [0.25, 0.3) is 0 Å². The summed E-state index contributed by atoms with van der Waals surface area (Å²) in [6.07, 6.45) is 12.8. The van der Waals surface area contributed by atoms with Crippen LogP contribution in [0, 0.1) is 18.8 Å². The van der Waals surface area contributed by atoms with Gasteiger partial charge in [-0.25, -0.2) is 0 Å². The van der Waals surface area contributed by atoms with Crippen LogP contribution >= 0.6 is 0 Å². The van der Waals surface area contributed by atoms with Crippen molar-refractivity contribution in [3.8, 4) is 0 Å². The van der Waals surface area contributed by atoms with Gasteiger partial charge in [-0.3, -0.25) is 9.80 Å². The number of hydrogen-bond donors (Lipinski definition) is 2. The predicted molar refractivity (Wildman–Crippen MR) is 142 cm³/mol. The van der Waals surface area contributed by atoms with Crippen molar-refractivity contribution < 1.29 is 10.2 Å². The zero-order chi connectivity index (χ0) is 23.9. The SMILES string of the molecule is Cc1cc(N2CCCCC2)ccc1N(C)CCN1CCN(CC2=CC3CC3C=C2)CC1.OCO. The Labute approximate surface area is 206 Å². The molecule has 0 bridgehead atoms. The fourth-order valence-corrected chi connectivity index (χ4v) is 5.59. The molecule has 0 aromatic heterocycles. The van der Waals surface area contributed by atoms with Gasteiger partial charge in [-0.2, -0.15) is 0 Å². The van der Waals surface area contributed by atoms with Crippen LogP contribution in [0.5, 0.6) is 0 Å². The molecule has 34 heavy (non-hydrogen) atoms. The molecule has 2 N–H and O–H groups in total. The Morgan fingerprint density at radius 2 is 1.65 bits per heavy atom. The zero-order valence-corrected chi connectivity index (χ0v) is 21.2. The number of piperidine rings is 1. The summed E-state index contributed by atoms with van der Waals surface area (Å²) >= 11 is 0. The molecule has 2 aliphatic carbocycles. The monoisotopic (exact) mass is 468 g/mol. The van der Waals surface area contributed by atoms with Crippen molar-refractivity contribution in [1.29, 1.82) is 0 Å². The first-order valence-corrected chi connectivity index (χ1v) is 13.2. The molecule has 2 atom stereocenters. The molecule has 1 saturated carbocycles. The molecule has 3 fully saturated rings. The molecule has 5 rings (SSSR count). The molecule has 2 aliphatic heterocycles. The Hall–Kier alpha value is -1.86. The lowest BCUT2D eigenvalue weighted by Crippen LogP contribution is -2.48. The smallest absolute Gasteiger partial charge is 0.140 e. The molecule has 6 nitrogen and oxygen atoms in total. The van der Waals surface area contributed by atoms with Gasteiger partial charge in [0.1, 0.15) is 6.79 Å². The molecule has 1 aromatic rings. The van der Waals surface area contributed by atoms with Crippen molar-refractivity contribution in [2.45, 2.75) is 32.6 Å². The second kappa shape index (κ2) is 12.2. The summed E-state index contributed by atoms with van der Waals surface area (Å²) in [5.74, 6) is 1.75. The number of nitrogens with zero attached hydrogens (tertiary/aromatic N) is 4. The second-order valence-corrected chi connectivity index (χ2v) is 10.4. The first-order chi connectivity index (χ1) is 16.6. The molecule has 0 amide bonds. The van der Waals surface area contributed by atoms with Crippen LogP contribution in [0.3, 0.4) is 0 Å². The summed E-state index contributed by atoms with van der Waals surface area (Å²) in [7, 11) is 2.26. The van der Waals surface area contributed by atoms with Crippen LogP contribution in [0.25, 0.3) is 0 Å². The maximum absolute atomic E-state index is 7.12. The van der Waals surface area contributed by atoms with Crippen LogP contribution in [0.15, 0.2) is 42.0 Å². The summed E-state index contributed by atoms with van der Waals surface area (Å²) < 4.78 is 0. The average Bonchev–Trinajstić information content (AvgIpc) is 3.63. The molecule has 2 unspecified atom stereocenters. The molecular weight excluding hydrogens is 424 g/mol. The summed E-state index contributed by atoms with van der Waals surface area (Å²) in [5.41, 5.74) is 5.75. The number of aliphatic hydroxyl groups excluding tert-OH is 1. The number of rotatable bonds is 7. The van der Waals surface area contributed by atoms with Gasteiger partial charge in [0.15, 0.2) is 0 Å². The number of aliphatic hydroxyl groups is 2. The van der Waals surface area contributed by atoms with Gasteiger partial charge in [0, 0.05) is 77.3 Å². The van der Waals surface area contributed by atoms with Gasteiger partial charge in [-0.1, -0.05) is 18.2 Å². The van der Waals surface area contributed by atoms with Crippen LogP contribution in [0.4, 0.5) is 11.4 Å². The van der Waals surface area contributed by atoms with E-state index in [-0.39, 0.29) is 0 Å². The van der Waals surface area contributed by atoms with Gasteiger partial charge in [-0.15, -0.1) is 0 Å². The second-order valence-electron chi connectivity index (χ2n) is 10.4. The highest BCUT2D eigenvalue weighted by Gasteiger charge is 2.35. The number of aryl methyl sites for hydroxylation is 1. The first-order valence-electron chi connectivity index (χ1n) is 13.2. The van der Waals surface area contributed by atoms with E-state index in [9.17, 15) is 0 Å². The number of benzene rings is 1. The van der Waals surface area contributed by atoms with Gasteiger partial charge in [0.05, 0.1) is 0 Å². The van der Waals surface area contributed by atoms with E-state index in [1.54, 1.807) is 5.57 Å². The third kappa shape index (κ3) is 6.85. The van der Waals surface area contributed by atoms with E-state index in [2.05, 4.69) is 70.0 Å². The molecule has 2 heterocycles. The number of hydrogen-bond acceptors (Lipinski definition) is 6.